The van der Waals surface area contributed by atoms with Crippen LogP contribution in [0.1, 0.15) is 28.9 Å². The van der Waals surface area contributed by atoms with Gasteiger partial charge in [-0.05, 0) is 37.1 Å². The maximum absolute atomic E-state index is 12.0. The van der Waals surface area contributed by atoms with Crippen molar-refractivity contribution in [2.45, 2.75) is 19.8 Å². The van der Waals surface area contributed by atoms with Crippen LogP contribution in [0.2, 0.25) is 0 Å². The molecule has 3 rings (SSSR count). The van der Waals surface area contributed by atoms with E-state index in [0.29, 0.717) is 12.5 Å². The lowest BCUT2D eigenvalue weighted by atomic mass is 9.97. The zero-order chi connectivity index (χ0) is 15.4. The highest BCUT2D eigenvalue weighted by Gasteiger charge is 2.22. The van der Waals surface area contributed by atoms with Crippen LogP contribution in [0.15, 0.2) is 29.2 Å². The van der Waals surface area contributed by atoms with E-state index in [1.54, 1.807) is 23.7 Å². The summed E-state index contributed by atoms with van der Waals surface area (Å²) < 4.78 is 0. The van der Waals surface area contributed by atoms with Gasteiger partial charge in [0.1, 0.15) is 5.82 Å². The van der Waals surface area contributed by atoms with Gasteiger partial charge in [0.05, 0.1) is 5.69 Å². The number of nitrogens with one attached hydrogen (secondary N) is 1. The molecular formula is C16H20N4OS. The molecule has 116 valence electrons. The summed E-state index contributed by atoms with van der Waals surface area (Å²) in [6, 6.07) is 1.86. The lowest BCUT2D eigenvalue weighted by molar-refractivity contribution is 0.0946. The van der Waals surface area contributed by atoms with Crippen LogP contribution in [0.3, 0.4) is 0 Å². The number of hydrogen-bond acceptors (Lipinski definition) is 5. The van der Waals surface area contributed by atoms with Gasteiger partial charge in [0, 0.05) is 43.0 Å². The van der Waals surface area contributed by atoms with E-state index in [1.165, 1.54) is 0 Å². The number of carbonyl (C=O) groups is 1. The summed E-state index contributed by atoms with van der Waals surface area (Å²) >= 11 is 1.54. The number of aromatic nitrogens is 2. The zero-order valence-corrected chi connectivity index (χ0v) is 13.5. The Bertz CT molecular complexity index is 629. The fourth-order valence-corrected chi connectivity index (χ4v) is 3.50. The quantitative estimate of drug-likeness (QED) is 0.941. The molecule has 1 amide bonds. The second-order valence-corrected chi connectivity index (χ2v) is 6.42. The van der Waals surface area contributed by atoms with Gasteiger partial charge in [-0.15, -0.1) is 0 Å². The predicted octanol–water partition coefficient (Wildman–Crippen LogP) is 2.49. The minimum Gasteiger partial charge on any atom is -0.355 e. The first kappa shape index (κ1) is 15.0. The average molecular weight is 316 g/mol. The first-order valence-electron chi connectivity index (χ1n) is 7.57. The molecule has 2 aromatic rings. The molecule has 0 aliphatic carbocycles. The van der Waals surface area contributed by atoms with E-state index in [9.17, 15) is 4.79 Å². The summed E-state index contributed by atoms with van der Waals surface area (Å²) in [6.07, 6.45) is 5.72. The molecule has 1 aliphatic rings. The van der Waals surface area contributed by atoms with Gasteiger partial charge >= 0.3 is 0 Å². The molecule has 1 saturated heterocycles. The van der Waals surface area contributed by atoms with Crippen LogP contribution in [0, 0.1) is 12.8 Å². The Morgan fingerprint density at radius 1 is 1.45 bits per heavy atom. The summed E-state index contributed by atoms with van der Waals surface area (Å²) in [4.78, 5) is 23.1. The second-order valence-electron chi connectivity index (χ2n) is 5.64. The number of amides is 1. The third-order valence-electron chi connectivity index (χ3n) is 4.01. The lowest BCUT2D eigenvalue weighted by Gasteiger charge is -2.34. The molecule has 1 N–H and O–H groups in total. The molecule has 1 unspecified atom stereocenters. The summed E-state index contributed by atoms with van der Waals surface area (Å²) in [6.45, 7) is 4.63. The number of rotatable bonds is 4. The second kappa shape index (κ2) is 6.87. The average Bonchev–Trinajstić information content (AvgIpc) is 3.08. The highest BCUT2D eigenvalue weighted by Crippen LogP contribution is 2.22. The van der Waals surface area contributed by atoms with Crippen LogP contribution in [0.5, 0.6) is 0 Å². The Morgan fingerprint density at radius 2 is 2.32 bits per heavy atom. The molecule has 3 heterocycles. The van der Waals surface area contributed by atoms with E-state index in [4.69, 9.17) is 0 Å². The van der Waals surface area contributed by atoms with Crippen molar-refractivity contribution in [3.05, 3.63) is 40.5 Å². The van der Waals surface area contributed by atoms with Gasteiger partial charge in [-0.3, -0.25) is 9.78 Å². The van der Waals surface area contributed by atoms with Crippen molar-refractivity contribution in [1.82, 2.24) is 15.3 Å². The van der Waals surface area contributed by atoms with Gasteiger partial charge in [-0.2, -0.15) is 11.3 Å². The molecular weight excluding hydrogens is 296 g/mol. The molecule has 5 nitrogen and oxygen atoms in total. The van der Waals surface area contributed by atoms with Gasteiger partial charge in [-0.25, -0.2) is 4.98 Å². The Labute approximate surface area is 134 Å². The van der Waals surface area contributed by atoms with Crippen molar-refractivity contribution < 1.29 is 4.79 Å². The largest absolute Gasteiger partial charge is 0.355 e. The Kier molecular flexibility index (Phi) is 4.68. The molecule has 1 aliphatic heterocycles. The number of nitrogens with zero attached hydrogens (tertiary/aromatic N) is 3. The number of aryl methyl sites for hydroxylation is 1. The lowest BCUT2D eigenvalue weighted by Crippen LogP contribution is -2.41. The molecule has 0 bridgehead atoms. The molecule has 0 saturated carbocycles. The maximum atomic E-state index is 12.0. The van der Waals surface area contributed by atoms with Gasteiger partial charge < -0.3 is 10.2 Å². The van der Waals surface area contributed by atoms with E-state index >= 15 is 0 Å². The fourth-order valence-electron chi connectivity index (χ4n) is 2.87. The number of carbonyl (C=O) groups excluding carboxylic acids is 1. The van der Waals surface area contributed by atoms with Crippen molar-refractivity contribution in [1.29, 1.82) is 0 Å². The third kappa shape index (κ3) is 3.44. The topological polar surface area (TPSA) is 58.1 Å². The van der Waals surface area contributed by atoms with Crippen LogP contribution in [-0.2, 0) is 0 Å². The first-order chi connectivity index (χ1) is 10.7. The van der Waals surface area contributed by atoms with Gasteiger partial charge in [0.2, 0.25) is 0 Å². The molecule has 1 atom stereocenters. The van der Waals surface area contributed by atoms with Crippen molar-refractivity contribution in [2.75, 3.05) is 24.5 Å². The zero-order valence-electron chi connectivity index (χ0n) is 12.7. The molecule has 0 radical (unpaired) electrons. The van der Waals surface area contributed by atoms with Crippen LogP contribution < -0.4 is 10.2 Å². The van der Waals surface area contributed by atoms with Crippen molar-refractivity contribution in [2.24, 2.45) is 5.92 Å². The summed E-state index contributed by atoms with van der Waals surface area (Å²) in [5.74, 6) is 1.45. The number of hydrogen-bond donors (Lipinski definition) is 1. The smallest absolute Gasteiger partial charge is 0.252 e. The Morgan fingerprint density at radius 3 is 3.09 bits per heavy atom. The van der Waals surface area contributed by atoms with Crippen molar-refractivity contribution in [3.8, 4) is 0 Å². The van der Waals surface area contributed by atoms with Gasteiger partial charge in [-0.1, -0.05) is 0 Å². The first-order valence-corrected chi connectivity index (χ1v) is 8.51. The summed E-state index contributed by atoms with van der Waals surface area (Å²) in [5, 5.41) is 6.85. The summed E-state index contributed by atoms with van der Waals surface area (Å²) in [5.41, 5.74) is 1.72. The highest BCUT2D eigenvalue weighted by molar-refractivity contribution is 7.08. The van der Waals surface area contributed by atoms with E-state index in [2.05, 4.69) is 20.2 Å². The number of piperidine rings is 1. The van der Waals surface area contributed by atoms with Crippen molar-refractivity contribution in [3.63, 3.8) is 0 Å². The Balaban J connectivity index is 1.57. The van der Waals surface area contributed by atoms with Crippen LogP contribution in [0.4, 0.5) is 5.82 Å². The van der Waals surface area contributed by atoms with Crippen LogP contribution in [-0.4, -0.2) is 35.5 Å². The minimum atomic E-state index is 0.0223. The minimum absolute atomic E-state index is 0.0223. The Hall–Kier alpha value is -1.95. The van der Waals surface area contributed by atoms with E-state index < -0.39 is 0 Å². The molecule has 2 aromatic heterocycles. The fraction of sp³-hybridized carbons (Fsp3) is 0.438. The number of anilines is 1. The monoisotopic (exact) mass is 316 g/mol. The normalized spacial score (nSPS) is 18.2. The van der Waals surface area contributed by atoms with E-state index in [-0.39, 0.29) is 5.91 Å². The van der Waals surface area contributed by atoms with E-state index in [1.807, 2.05) is 23.8 Å². The SMILES string of the molecule is Cc1nccnc1N1CCCC(CNC(=O)c2ccsc2)C1. The molecule has 1 fully saturated rings. The predicted molar refractivity (Wildman–Crippen MR) is 88.4 cm³/mol. The van der Waals surface area contributed by atoms with Gasteiger partial charge in [0.15, 0.2) is 0 Å². The maximum Gasteiger partial charge on any atom is 0.252 e. The van der Waals surface area contributed by atoms with Crippen LogP contribution in [0.25, 0.3) is 0 Å². The van der Waals surface area contributed by atoms with Crippen molar-refractivity contribution >= 4 is 23.1 Å². The number of thiophene rings is 1. The molecule has 6 heteroatoms. The highest BCUT2D eigenvalue weighted by atomic mass is 32.1. The van der Waals surface area contributed by atoms with E-state index in [0.717, 1.165) is 43.0 Å². The molecule has 22 heavy (non-hydrogen) atoms. The van der Waals surface area contributed by atoms with Gasteiger partial charge in [0.25, 0.3) is 5.91 Å². The molecule has 0 spiro atoms. The van der Waals surface area contributed by atoms with Crippen LogP contribution >= 0.6 is 11.3 Å². The standard InChI is InChI=1S/C16H20N4OS/c1-12-15(18-6-5-17-12)20-7-2-3-13(10-20)9-19-16(21)14-4-8-22-11-14/h4-6,8,11,13H,2-3,7,9-10H2,1H3,(H,19,21). The third-order valence-corrected chi connectivity index (χ3v) is 4.69. The summed E-state index contributed by atoms with van der Waals surface area (Å²) in [7, 11) is 0. The molecule has 0 aromatic carbocycles.